The number of nitrogens with zero attached hydrogens (tertiary/aromatic N) is 1. The van der Waals surface area contributed by atoms with Crippen LogP contribution in [0.5, 0.6) is 11.5 Å². The molecule has 0 bridgehead atoms. The third-order valence-electron chi connectivity index (χ3n) is 3.37. The number of esters is 1. The Morgan fingerprint density at radius 2 is 1.83 bits per heavy atom. The number of pyridine rings is 1. The summed E-state index contributed by atoms with van der Waals surface area (Å²) in [5.74, 6) is -0.335. The molecule has 2 rings (SSSR count). The molecule has 0 amide bonds. The summed E-state index contributed by atoms with van der Waals surface area (Å²) in [5.41, 5.74) is 0.575. The monoisotopic (exact) mass is 351 g/mol. The molecule has 0 radical (unpaired) electrons. The van der Waals surface area contributed by atoms with E-state index in [2.05, 4.69) is 4.98 Å². The molecule has 0 spiro atoms. The number of methoxy groups -OCH3 is 3. The lowest BCUT2D eigenvalue weighted by Gasteiger charge is -2.24. The van der Waals surface area contributed by atoms with Gasteiger partial charge in [0.2, 0.25) is 0 Å². The first-order valence-electron chi connectivity index (χ1n) is 7.12. The zero-order valence-corrected chi connectivity index (χ0v) is 14.3. The molecule has 7 heteroatoms. The summed E-state index contributed by atoms with van der Waals surface area (Å²) >= 11 is 5.88. The molecule has 1 unspecified atom stereocenters. The van der Waals surface area contributed by atoms with Gasteiger partial charge in [0.25, 0.3) is 0 Å². The lowest BCUT2D eigenvalue weighted by molar-refractivity contribution is -0.163. The minimum Gasteiger partial charge on any atom is -0.468 e. The average molecular weight is 352 g/mol. The molecule has 0 N–H and O–H groups in total. The Hall–Kier alpha value is -2.15. The fourth-order valence-corrected chi connectivity index (χ4v) is 2.45. The molecule has 0 aliphatic carbocycles. The Labute approximate surface area is 145 Å². The van der Waals surface area contributed by atoms with Crippen LogP contribution < -0.4 is 4.74 Å². The smallest absolute Gasteiger partial charge is 0.318 e. The first kappa shape index (κ1) is 18.2. The molecule has 2 aromatic rings. The summed E-state index contributed by atoms with van der Waals surface area (Å²) in [6.45, 7) is 0. The van der Waals surface area contributed by atoms with Gasteiger partial charge in [0.1, 0.15) is 22.6 Å². The molecule has 1 aromatic heterocycles. The number of hydrogen-bond acceptors (Lipinski definition) is 6. The standard InChI is InChI=1S/C17H18ClNO5/c1-21-16(20)15(17(22-2)23-3)12-6-4-5-7-13(12)24-11-8-9-19-14(18)10-11/h4-10,15,17H,1-3H3. The first-order chi connectivity index (χ1) is 11.6. The number of rotatable bonds is 7. The molecule has 0 fully saturated rings. The summed E-state index contributed by atoms with van der Waals surface area (Å²) in [5, 5.41) is 0.307. The average Bonchev–Trinajstić information content (AvgIpc) is 2.60. The molecule has 24 heavy (non-hydrogen) atoms. The molecule has 0 aliphatic rings. The normalized spacial score (nSPS) is 12.0. The van der Waals surface area contributed by atoms with E-state index in [1.807, 2.05) is 0 Å². The van der Waals surface area contributed by atoms with E-state index in [1.54, 1.807) is 36.4 Å². The van der Waals surface area contributed by atoms with Crippen molar-refractivity contribution in [3.8, 4) is 11.5 Å². The van der Waals surface area contributed by atoms with Gasteiger partial charge < -0.3 is 18.9 Å². The zero-order valence-electron chi connectivity index (χ0n) is 13.6. The molecular formula is C17H18ClNO5. The second kappa shape index (κ2) is 8.63. The van der Waals surface area contributed by atoms with Gasteiger partial charge in [0.05, 0.1) is 7.11 Å². The van der Waals surface area contributed by atoms with Crippen LogP contribution in [-0.2, 0) is 19.0 Å². The Bertz CT molecular complexity index is 690. The van der Waals surface area contributed by atoms with Crippen LogP contribution in [0.4, 0.5) is 0 Å². The number of ether oxygens (including phenoxy) is 4. The maximum absolute atomic E-state index is 12.3. The first-order valence-corrected chi connectivity index (χ1v) is 7.50. The highest BCUT2D eigenvalue weighted by Gasteiger charge is 2.33. The van der Waals surface area contributed by atoms with Gasteiger partial charge in [-0.25, -0.2) is 4.98 Å². The molecule has 0 saturated carbocycles. The highest BCUT2D eigenvalue weighted by Crippen LogP contribution is 2.34. The number of halogens is 1. The second-order valence-corrected chi connectivity index (χ2v) is 5.18. The Kier molecular flexibility index (Phi) is 6.54. The number of carbonyl (C=O) groups is 1. The molecule has 1 heterocycles. The van der Waals surface area contributed by atoms with Gasteiger partial charge in [-0.1, -0.05) is 29.8 Å². The van der Waals surface area contributed by atoms with E-state index >= 15 is 0 Å². The molecular weight excluding hydrogens is 334 g/mol. The van der Waals surface area contributed by atoms with Gasteiger partial charge in [0.15, 0.2) is 6.29 Å². The van der Waals surface area contributed by atoms with Crippen LogP contribution in [0.1, 0.15) is 11.5 Å². The predicted molar refractivity (Wildman–Crippen MR) is 88.3 cm³/mol. The van der Waals surface area contributed by atoms with Gasteiger partial charge in [-0.05, 0) is 12.1 Å². The third kappa shape index (κ3) is 4.23. The van der Waals surface area contributed by atoms with E-state index in [0.717, 1.165) is 0 Å². The molecule has 1 aromatic carbocycles. The zero-order chi connectivity index (χ0) is 17.5. The van der Waals surface area contributed by atoms with E-state index in [4.69, 9.17) is 30.5 Å². The summed E-state index contributed by atoms with van der Waals surface area (Å²) in [7, 11) is 4.22. The summed E-state index contributed by atoms with van der Waals surface area (Å²) in [4.78, 5) is 16.2. The summed E-state index contributed by atoms with van der Waals surface area (Å²) < 4.78 is 21.3. The summed E-state index contributed by atoms with van der Waals surface area (Å²) in [6, 6.07) is 10.3. The number of aromatic nitrogens is 1. The van der Waals surface area contributed by atoms with Crippen molar-refractivity contribution in [2.75, 3.05) is 21.3 Å². The largest absolute Gasteiger partial charge is 0.468 e. The van der Waals surface area contributed by atoms with Gasteiger partial charge >= 0.3 is 5.97 Å². The Morgan fingerprint density at radius 1 is 1.12 bits per heavy atom. The maximum Gasteiger partial charge on any atom is 0.318 e. The highest BCUT2D eigenvalue weighted by atomic mass is 35.5. The molecule has 0 aliphatic heterocycles. The van der Waals surface area contributed by atoms with Crippen LogP contribution in [0, 0.1) is 0 Å². The highest BCUT2D eigenvalue weighted by molar-refractivity contribution is 6.29. The van der Waals surface area contributed by atoms with Crippen LogP contribution in [0.2, 0.25) is 5.15 Å². The van der Waals surface area contributed by atoms with Crippen molar-refractivity contribution in [3.63, 3.8) is 0 Å². The molecule has 0 saturated heterocycles. The number of para-hydroxylation sites is 1. The van der Waals surface area contributed by atoms with Crippen LogP contribution >= 0.6 is 11.6 Å². The van der Waals surface area contributed by atoms with Crippen LogP contribution in [0.15, 0.2) is 42.6 Å². The van der Waals surface area contributed by atoms with Crippen molar-refractivity contribution in [2.45, 2.75) is 12.2 Å². The number of hydrogen-bond donors (Lipinski definition) is 0. The van der Waals surface area contributed by atoms with Gasteiger partial charge in [0, 0.05) is 32.0 Å². The minimum atomic E-state index is -0.816. The van der Waals surface area contributed by atoms with E-state index in [9.17, 15) is 4.79 Å². The molecule has 128 valence electrons. The number of carbonyl (C=O) groups excluding carboxylic acids is 1. The molecule has 6 nitrogen and oxygen atoms in total. The van der Waals surface area contributed by atoms with Gasteiger partial charge in [-0.2, -0.15) is 0 Å². The van der Waals surface area contributed by atoms with E-state index in [1.165, 1.54) is 27.5 Å². The van der Waals surface area contributed by atoms with Gasteiger partial charge in [-0.3, -0.25) is 4.79 Å². The fourth-order valence-electron chi connectivity index (χ4n) is 2.29. The Morgan fingerprint density at radius 3 is 2.46 bits per heavy atom. The van der Waals surface area contributed by atoms with Crippen LogP contribution in [0.3, 0.4) is 0 Å². The predicted octanol–water partition coefficient (Wildman–Crippen LogP) is 3.40. The lowest BCUT2D eigenvalue weighted by Crippen LogP contribution is -2.30. The quantitative estimate of drug-likeness (QED) is 0.432. The fraction of sp³-hybridized carbons (Fsp3) is 0.294. The van der Waals surface area contributed by atoms with Crippen LogP contribution in [0.25, 0.3) is 0 Å². The van der Waals surface area contributed by atoms with E-state index in [-0.39, 0.29) is 0 Å². The van der Waals surface area contributed by atoms with E-state index < -0.39 is 18.2 Å². The SMILES string of the molecule is COC(=O)C(c1ccccc1Oc1ccnc(Cl)c1)C(OC)OC. The lowest BCUT2D eigenvalue weighted by atomic mass is 9.97. The van der Waals surface area contributed by atoms with Crippen molar-refractivity contribution in [3.05, 3.63) is 53.3 Å². The van der Waals surface area contributed by atoms with Crippen molar-refractivity contribution in [2.24, 2.45) is 0 Å². The third-order valence-corrected chi connectivity index (χ3v) is 3.58. The summed E-state index contributed by atoms with van der Waals surface area (Å²) in [6.07, 6.45) is 0.716. The van der Waals surface area contributed by atoms with Crippen molar-refractivity contribution in [1.29, 1.82) is 0 Å². The van der Waals surface area contributed by atoms with Crippen molar-refractivity contribution >= 4 is 17.6 Å². The van der Waals surface area contributed by atoms with Crippen molar-refractivity contribution < 1.29 is 23.7 Å². The number of benzene rings is 1. The van der Waals surface area contributed by atoms with Gasteiger partial charge in [-0.15, -0.1) is 0 Å². The Balaban J connectivity index is 2.42. The van der Waals surface area contributed by atoms with Crippen LogP contribution in [-0.4, -0.2) is 38.6 Å². The second-order valence-electron chi connectivity index (χ2n) is 4.79. The molecule has 1 atom stereocenters. The van der Waals surface area contributed by atoms with Crippen molar-refractivity contribution in [1.82, 2.24) is 4.98 Å². The van der Waals surface area contributed by atoms with E-state index in [0.29, 0.717) is 22.2 Å². The maximum atomic E-state index is 12.3. The topological polar surface area (TPSA) is 66.9 Å². The minimum absolute atomic E-state index is 0.307.